The zero-order valence-electron chi connectivity index (χ0n) is 13.3. The van der Waals surface area contributed by atoms with Crippen molar-refractivity contribution in [1.29, 1.82) is 0 Å². The average Bonchev–Trinajstić information content (AvgIpc) is 2.37. The van der Waals surface area contributed by atoms with Crippen LogP contribution in [0.4, 0.5) is 5.69 Å². The van der Waals surface area contributed by atoms with Crippen molar-refractivity contribution in [3.05, 3.63) is 23.5 Å². The van der Waals surface area contributed by atoms with Gasteiger partial charge in [-0.25, -0.2) is 0 Å². The van der Waals surface area contributed by atoms with E-state index in [9.17, 15) is 0 Å². The van der Waals surface area contributed by atoms with Crippen LogP contribution in [0.1, 0.15) is 57.2 Å². The van der Waals surface area contributed by atoms with Gasteiger partial charge in [0, 0.05) is 48.8 Å². The van der Waals surface area contributed by atoms with Crippen LogP contribution in [-0.2, 0) is 6.54 Å². The molecule has 1 aliphatic heterocycles. The molecule has 2 rings (SSSR count). The third-order valence-corrected chi connectivity index (χ3v) is 4.00. The molecule has 0 unspecified atom stereocenters. The summed E-state index contributed by atoms with van der Waals surface area (Å²) in [5.41, 5.74) is 3.85. The van der Waals surface area contributed by atoms with E-state index in [0.717, 1.165) is 12.2 Å². The minimum Gasteiger partial charge on any atom is -0.371 e. The number of nitrogens with one attached hydrogen (secondary N) is 1. The average molecular weight is 275 g/mol. The topological polar surface area (TPSA) is 28.2 Å². The molecule has 112 valence electrons. The number of hydrogen-bond acceptors (Lipinski definition) is 3. The van der Waals surface area contributed by atoms with Gasteiger partial charge in [-0.05, 0) is 25.8 Å². The van der Waals surface area contributed by atoms with Crippen LogP contribution in [0.5, 0.6) is 0 Å². The van der Waals surface area contributed by atoms with Gasteiger partial charge in [-0.2, -0.15) is 0 Å². The minimum atomic E-state index is 0.511. The van der Waals surface area contributed by atoms with Gasteiger partial charge >= 0.3 is 0 Å². The van der Waals surface area contributed by atoms with Crippen LogP contribution in [0.3, 0.4) is 0 Å². The van der Waals surface area contributed by atoms with E-state index in [4.69, 9.17) is 0 Å². The molecule has 0 atom stereocenters. The highest BCUT2D eigenvalue weighted by atomic mass is 15.1. The number of nitrogens with zero attached hydrogens (tertiary/aromatic N) is 2. The van der Waals surface area contributed by atoms with E-state index < -0.39 is 0 Å². The molecule has 3 nitrogen and oxygen atoms in total. The van der Waals surface area contributed by atoms with E-state index in [1.54, 1.807) is 0 Å². The van der Waals surface area contributed by atoms with Gasteiger partial charge in [0.2, 0.25) is 0 Å². The van der Waals surface area contributed by atoms with Crippen LogP contribution in [0, 0.1) is 6.92 Å². The molecule has 1 saturated heterocycles. The molecule has 1 N–H and O–H groups in total. The van der Waals surface area contributed by atoms with Crippen LogP contribution in [0.15, 0.2) is 12.3 Å². The van der Waals surface area contributed by atoms with Gasteiger partial charge in [-0.1, -0.05) is 33.1 Å². The normalized spacial score (nSPS) is 17.1. The maximum Gasteiger partial charge on any atom is 0.0445 e. The molecule has 0 saturated carbocycles. The first-order valence-electron chi connectivity index (χ1n) is 8.10. The van der Waals surface area contributed by atoms with Crippen molar-refractivity contribution in [1.82, 2.24) is 10.3 Å². The van der Waals surface area contributed by atoms with Crippen molar-refractivity contribution in [3.8, 4) is 0 Å². The number of aryl methyl sites for hydroxylation is 1. The number of anilines is 1. The first kappa shape index (κ1) is 15.3. The molecule has 1 aromatic rings. The summed E-state index contributed by atoms with van der Waals surface area (Å²) in [5, 5.41) is 3.52. The molecule has 2 heterocycles. The van der Waals surface area contributed by atoms with E-state index in [1.165, 1.54) is 56.4 Å². The van der Waals surface area contributed by atoms with Gasteiger partial charge in [0.1, 0.15) is 0 Å². The largest absolute Gasteiger partial charge is 0.371 e. The zero-order chi connectivity index (χ0) is 14.4. The van der Waals surface area contributed by atoms with E-state index in [1.807, 2.05) is 0 Å². The monoisotopic (exact) mass is 275 g/mol. The van der Waals surface area contributed by atoms with Crippen molar-refractivity contribution in [2.45, 2.75) is 65.5 Å². The number of aromatic nitrogens is 1. The second-order valence-electron chi connectivity index (χ2n) is 6.24. The lowest BCUT2D eigenvalue weighted by Crippen LogP contribution is -2.30. The van der Waals surface area contributed by atoms with E-state index in [2.05, 4.69) is 48.2 Å². The van der Waals surface area contributed by atoms with Crippen LogP contribution in [0.25, 0.3) is 0 Å². The molecular weight excluding hydrogens is 246 g/mol. The van der Waals surface area contributed by atoms with Gasteiger partial charge in [0.05, 0.1) is 0 Å². The highest BCUT2D eigenvalue weighted by molar-refractivity contribution is 5.53. The third kappa shape index (κ3) is 4.48. The van der Waals surface area contributed by atoms with Gasteiger partial charge in [-0.15, -0.1) is 0 Å². The van der Waals surface area contributed by atoms with Gasteiger partial charge in [-0.3, -0.25) is 4.98 Å². The SMILES string of the molecule is Cc1cc(N2CCCCCCC2)c(CNC(C)C)cn1. The predicted octanol–water partition coefficient (Wildman–Crippen LogP) is 3.66. The van der Waals surface area contributed by atoms with E-state index >= 15 is 0 Å². The Hall–Kier alpha value is -1.09. The Labute approximate surface area is 123 Å². The Bertz CT molecular complexity index is 407. The summed E-state index contributed by atoms with van der Waals surface area (Å²) in [6, 6.07) is 2.77. The molecule has 20 heavy (non-hydrogen) atoms. The lowest BCUT2D eigenvalue weighted by Gasteiger charge is -2.29. The molecule has 0 aromatic carbocycles. The highest BCUT2D eigenvalue weighted by Gasteiger charge is 2.13. The van der Waals surface area contributed by atoms with E-state index in [0.29, 0.717) is 6.04 Å². The number of pyridine rings is 1. The van der Waals surface area contributed by atoms with Crippen LogP contribution < -0.4 is 10.2 Å². The van der Waals surface area contributed by atoms with Crippen molar-refractivity contribution in [2.24, 2.45) is 0 Å². The standard InChI is InChI=1S/C17H29N3/c1-14(2)18-12-16-13-19-15(3)11-17(16)20-9-7-5-4-6-8-10-20/h11,13-14,18H,4-10,12H2,1-3H3. The molecule has 0 spiro atoms. The lowest BCUT2D eigenvalue weighted by atomic mass is 10.1. The fourth-order valence-electron chi connectivity index (χ4n) is 2.81. The molecule has 0 radical (unpaired) electrons. The second-order valence-corrected chi connectivity index (χ2v) is 6.24. The van der Waals surface area contributed by atoms with Crippen LogP contribution in [0.2, 0.25) is 0 Å². The minimum absolute atomic E-state index is 0.511. The number of hydrogen-bond donors (Lipinski definition) is 1. The van der Waals surface area contributed by atoms with Gasteiger partial charge in [0.25, 0.3) is 0 Å². The summed E-state index contributed by atoms with van der Waals surface area (Å²) < 4.78 is 0. The maximum atomic E-state index is 4.49. The van der Waals surface area contributed by atoms with Gasteiger partial charge < -0.3 is 10.2 Å². The summed E-state index contributed by atoms with van der Waals surface area (Å²) in [6.45, 7) is 9.77. The molecule has 0 amide bonds. The highest BCUT2D eigenvalue weighted by Crippen LogP contribution is 2.24. The first-order valence-corrected chi connectivity index (χ1v) is 8.10. The Morgan fingerprint density at radius 3 is 2.45 bits per heavy atom. The van der Waals surface area contributed by atoms with Crippen LogP contribution >= 0.6 is 0 Å². The fraction of sp³-hybridized carbons (Fsp3) is 0.706. The Morgan fingerprint density at radius 2 is 1.80 bits per heavy atom. The summed E-state index contributed by atoms with van der Waals surface area (Å²) in [5.74, 6) is 0. The maximum absolute atomic E-state index is 4.49. The van der Waals surface area contributed by atoms with Crippen molar-refractivity contribution in [2.75, 3.05) is 18.0 Å². The molecule has 1 fully saturated rings. The predicted molar refractivity (Wildman–Crippen MR) is 86.2 cm³/mol. The molecule has 1 aromatic heterocycles. The first-order chi connectivity index (χ1) is 9.66. The smallest absolute Gasteiger partial charge is 0.0445 e. The quantitative estimate of drug-likeness (QED) is 0.909. The van der Waals surface area contributed by atoms with E-state index in [-0.39, 0.29) is 0 Å². The molecule has 0 aliphatic carbocycles. The Balaban J connectivity index is 2.15. The Kier molecular flexibility index (Phi) is 5.84. The molecule has 0 bridgehead atoms. The fourth-order valence-corrected chi connectivity index (χ4v) is 2.81. The zero-order valence-corrected chi connectivity index (χ0v) is 13.3. The second kappa shape index (κ2) is 7.63. The van der Waals surface area contributed by atoms with Crippen LogP contribution in [-0.4, -0.2) is 24.1 Å². The molecule has 3 heteroatoms. The summed E-state index contributed by atoms with van der Waals surface area (Å²) in [6.07, 6.45) is 8.85. The van der Waals surface area contributed by atoms with Crippen molar-refractivity contribution >= 4 is 5.69 Å². The molecular formula is C17H29N3. The Morgan fingerprint density at radius 1 is 1.15 bits per heavy atom. The van der Waals surface area contributed by atoms with Crippen molar-refractivity contribution in [3.63, 3.8) is 0 Å². The summed E-state index contributed by atoms with van der Waals surface area (Å²) in [4.78, 5) is 7.06. The summed E-state index contributed by atoms with van der Waals surface area (Å²) in [7, 11) is 0. The third-order valence-electron chi connectivity index (χ3n) is 4.00. The van der Waals surface area contributed by atoms with Gasteiger partial charge in [0.15, 0.2) is 0 Å². The van der Waals surface area contributed by atoms with Crippen molar-refractivity contribution < 1.29 is 0 Å². The lowest BCUT2D eigenvalue weighted by molar-refractivity contribution is 0.551. The summed E-state index contributed by atoms with van der Waals surface area (Å²) >= 11 is 0. The number of rotatable bonds is 4. The molecule has 1 aliphatic rings.